The van der Waals surface area contributed by atoms with E-state index < -0.39 is 5.97 Å². The highest BCUT2D eigenvalue weighted by atomic mass is 16.5. The molecule has 0 unspecified atom stereocenters. The van der Waals surface area contributed by atoms with Crippen molar-refractivity contribution in [2.45, 2.75) is 26.7 Å². The minimum atomic E-state index is -1.02. The van der Waals surface area contributed by atoms with Crippen LogP contribution >= 0.6 is 0 Å². The minimum absolute atomic E-state index is 0.135. The molecule has 1 aromatic rings. The maximum atomic E-state index is 10.7. The minimum Gasteiger partial charge on any atom is -0.491 e. The summed E-state index contributed by atoms with van der Waals surface area (Å²) < 4.78 is 5.48. The SMILES string of the molecule is CC(C)(C#N)CCCOc1ccc(C(=O)O)cc1N. The lowest BCUT2D eigenvalue weighted by Gasteiger charge is -2.15. The summed E-state index contributed by atoms with van der Waals surface area (Å²) in [5.41, 5.74) is 5.79. The lowest BCUT2D eigenvalue weighted by atomic mass is 9.90. The van der Waals surface area contributed by atoms with E-state index in [1.807, 2.05) is 13.8 Å². The van der Waals surface area contributed by atoms with E-state index in [1.165, 1.54) is 12.1 Å². The van der Waals surface area contributed by atoms with Crippen molar-refractivity contribution in [2.24, 2.45) is 5.41 Å². The number of aromatic carboxylic acids is 1. The fourth-order valence-electron chi connectivity index (χ4n) is 1.57. The summed E-state index contributed by atoms with van der Waals surface area (Å²) in [6.07, 6.45) is 1.47. The van der Waals surface area contributed by atoms with E-state index in [9.17, 15) is 4.79 Å². The van der Waals surface area contributed by atoms with Crippen LogP contribution in [0.1, 0.15) is 37.0 Å². The number of rotatable bonds is 6. The van der Waals surface area contributed by atoms with Crippen LogP contribution in [-0.4, -0.2) is 17.7 Å². The molecular formula is C14H18N2O3. The van der Waals surface area contributed by atoms with E-state index in [0.29, 0.717) is 18.0 Å². The number of hydrogen-bond donors (Lipinski definition) is 2. The number of nitrogen functional groups attached to an aromatic ring is 1. The molecule has 0 radical (unpaired) electrons. The molecule has 0 aromatic heterocycles. The highest BCUT2D eigenvalue weighted by Crippen LogP contribution is 2.24. The molecule has 0 bridgehead atoms. The van der Waals surface area contributed by atoms with Gasteiger partial charge in [0.25, 0.3) is 0 Å². The molecule has 5 nitrogen and oxygen atoms in total. The van der Waals surface area contributed by atoms with Crippen molar-refractivity contribution < 1.29 is 14.6 Å². The van der Waals surface area contributed by atoms with Gasteiger partial charge in [-0.2, -0.15) is 5.26 Å². The van der Waals surface area contributed by atoms with Gasteiger partial charge >= 0.3 is 5.97 Å². The van der Waals surface area contributed by atoms with Gasteiger partial charge in [0, 0.05) is 0 Å². The maximum absolute atomic E-state index is 10.7. The molecule has 102 valence electrons. The maximum Gasteiger partial charge on any atom is 0.335 e. The Morgan fingerprint density at radius 3 is 2.74 bits per heavy atom. The summed E-state index contributed by atoms with van der Waals surface area (Å²) in [4.78, 5) is 10.7. The molecule has 1 rings (SSSR count). The molecule has 0 heterocycles. The number of ether oxygens (including phenoxy) is 1. The molecule has 5 heteroatoms. The van der Waals surface area contributed by atoms with Gasteiger partial charge in [-0.25, -0.2) is 4.79 Å². The molecular weight excluding hydrogens is 244 g/mol. The third kappa shape index (κ3) is 4.51. The number of nitrogens with zero attached hydrogens (tertiary/aromatic N) is 1. The molecule has 0 aliphatic rings. The second kappa shape index (κ2) is 6.10. The highest BCUT2D eigenvalue weighted by Gasteiger charge is 2.15. The van der Waals surface area contributed by atoms with Gasteiger partial charge < -0.3 is 15.6 Å². The Morgan fingerprint density at radius 2 is 2.21 bits per heavy atom. The Bertz CT molecular complexity index is 504. The third-order valence-corrected chi connectivity index (χ3v) is 2.76. The first-order chi connectivity index (χ1) is 8.85. The van der Waals surface area contributed by atoms with Crippen molar-refractivity contribution in [1.82, 2.24) is 0 Å². The van der Waals surface area contributed by atoms with Gasteiger partial charge in [-0.05, 0) is 44.9 Å². The van der Waals surface area contributed by atoms with Gasteiger partial charge in [0.2, 0.25) is 0 Å². The summed E-state index contributed by atoms with van der Waals surface area (Å²) in [6.45, 7) is 4.20. The van der Waals surface area contributed by atoms with Crippen molar-refractivity contribution in [3.63, 3.8) is 0 Å². The van der Waals surface area contributed by atoms with Crippen LogP contribution in [0.5, 0.6) is 5.75 Å². The number of nitrogens with two attached hydrogens (primary N) is 1. The van der Waals surface area contributed by atoms with Gasteiger partial charge in [-0.3, -0.25) is 0 Å². The van der Waals surface area contributed by atoms with Crippen LogP contribution in [-0.2, 0) is 0 Å². The van der Waals surface area contributed by atoms with Crippen LogP contribution in [0, 0.1) is 16.7 Å². The predicted molar refractivity (Wildman–Crippen MR) is 71.9 cm³/mol. The van der Waals surface area contributed by atoms with Gasteiger partial charge in [0.15, 0.2) is 0 Å². The van der Waals surface area contributed by atoms with Crippen LogP contribution < -0.4 is 10.5 Å². The number of benzene rings is 1. The normalized spacial score (nSPS) is 10.8. The summed E-state index contributed by atoms with van der Waals surface area (Å²) in [7, 11) is 0. The van der Waals surface area contributed by atoms with Gasteiger partial charge in [-0.1, -0.05) is 0 Å². The number of nitriles is 1. The molecule has 0 spiro atoms. The van der Waals surface area contributed by atoms with Crippen molar-refractivity contribution in [2.75, 3.05) is 12.3 Å². The molecule has 0 amide bonds. The lowest BCUT2D eigenvalue weighted by molar-refractivity contribution is 0.0697. The number of carbonyl (C=O) groups is 1. The number of carboxylic acids is 1. The fraction of sp³-hybridized carbons (Fsp3) is 0.429. The van der Waals surface area contributed by atoms with Gasteiger partial charge in [0.1, 0.15) is 5.75 Å². The van der Waals surface area contributed by atoms with Crippen LogP contribution in [0.2, 0.25) is 0 Å². The lowest BCUT2D eigenvalue weighted by Crippen LogP contribution is -2.10. The summed E-state index contributed by atoms with van der Waals surface area (Å²) in [6, 6.07) is 6.60. The Hall–Kier alpha value is -2.22. The molecule has 0 fully saturated rings. The first-order valence-corrected chi connectivity index (χ1v) is 6.02. The Kier molecular flexibility index (Phi) is 4.76. The monoisotopic (exact) mass is 262 g/mol. The predicted octanol–water partition coefficient (Wildman–Crippen LogP) is 2.68. The summed E-state index contributed by atoms with van der Waals surface area (Å²) >= 11 is 0. The van der Waals surface area contributed by atoms with E-state index in [0.717, 1.165) is 12.8 Å². The zero-order valence-corrected chi connectivity index (χ0v) is 11.1. The smallest absolute Gasteiger partial charge is 0.335 e. The Morgan fingerprint density at radius 1 is 1.53 bits per heavy atom. The average molecular weight is 262 g/mol. The second-order valence-electron chi connectivity index (χ2n) is 5.01. The van der Waals surface area contributed by atoms with E-state index in [2.05, 4.69) is 6.07 Å². The number of carboxylic acid groups (broad SMARTS) is 1. The zero-order valence-electron chi connectivity index (χ0n) is 11.1. The summed E-state index contributed by atoms with van der Waals surface area (Å²) in [5.74, 6) is -0.547. The number of hydrogen-bond acceptors (Lipinski definition) is 4. The Balaban J connectivity index is 2.51. The van der Waals surface area contributed by atoms with Crippen molar-refractivity contribution in [1.29, 1.82) is 5.26 Å². The van der Waals surface area contributed by atoms with Crippen molar-refractivity contribution in [3.8, 4) is 11.8 Å². The first-order valence-electron chi connectivity index (χ1n) is 6.02. The van der Waals surface area contributed by atoms with E-state index >= 15 is 0 Å². The quantitative estimate of drug-likeness (QED) is 0.607. The molecule has 0 atom stereocenters. The molecule has 19 heavy (non-hydrogen) atoms. The standard InChI is InChI=1S/C14H18N2O3/c1-14(2,9-15)6-3-7-19-12-5-4-10(13(17)18)8-11(12)16/h4-5,8H,3,6-7,16H2,1-2H3,(H,17,18). The van der Waals surface area contributed by atoms with Crippen LogP contribution in [0.15, 0.2) is 18.2 Å². The van der Waals surface area contributed by atoms with Crippen LogP contribution in [0.25, 0.3) is 0 Å². The third-order valence-electron chi connectivity index (χ3n) is 2.76. The molecule has 1 aromatic carbocycles. The van der Waals surface area contributed by atoms with Gasteiger partial charge in [0.05, 0.1) is 29.3 Å². The largest absolute Gasteiger partial charge is 0.491 e. The molecule has 0 saturated carbocycles. The van der Waals surface area contributed by atoms with E-state index in [4.69, 9.17) is 20.8 Å². The zero-order chi connectivity index (χ0) is 14.5. The Labute approximate surface area is 112 Å². The van der Waals surface area contributed by atoms with Crippen molar-refractivity contribution >= 4 is 11.7 Å². The van der Waals surface area contributed by atoms with E-state index in [1.54, 1.807) is 6.07 Å². The summed E-state index contributed by atoms with van der Waals surface area (Å²) in [5, 5.41) is 17.7. The molecule has 0 aliphatic heterocycles. The van der Waals surface area contributed by atoms with Crippen LogP contribution in [0.3, 0.4) is 0 Å². The average Bonchev–Trinajstić information content (AvgIpc) is 2.36. The second-order valence-corrected chi connectivity index (χ2v) is 5.01. The van der Waals surface area contributed by atoms with Crippen LogP contribution in [0.4, 0.5) is 5.69 Å². The first kappa shape index (κ1) is 14.8. The van der Waals surface area contributed by atoms with Gasteiger partial charge in [-0.15, -0.1) is 0 Å². The molecule has 0 saturated heterocycles. The molecule has 3 N–H and O–H groups in total. The topological polar surface area (TPSA) is 96.3 Å². The molecule has 0 aliphatic carbocycles. The van der Waals surface area contributed by atoms with E-state index in [-0.39, 0.29) is 11.0 Å². The van der Waals surface area contributed by atoms with Crippen molar-refractivity contribution in [3.05, 3.63) is 23.8 Å². The fourth-order valence-corrected chi connectivity index (χ4v) is 1.57. The number of anilines is 1. The highest BCUT2D eigenvalue weighted by molar-refractivity contribution is 5.89.